The predicted octanol–water partition coefficient (Wildman–Crippen LogP) is 6.40. The van der Waals surface area contributed by atoms with Gasteiger partial charge in [-0.25, -0.2) is 0 Å². The topological polar surface area (TPSA) is 15.3 Å². The quantitative estimate of drug-likeness (QED) is 0.475. The van der Waals surface area contributed by atoms with Crippen molar-refractivity contribution in [1.29, 1.82) is 0 Å². The van der Waals surface area contributed by atoms with Crippen LogP contribution in [-0.2, 0) is 13.0 Å². The number of thiocarbonyl (C=S) groups is 1. The Hall–Kier alpha value is -2.36. The van der Waals surface area contributed by atoms with Gasteiger partial charge < -0.3 is 10.2 Å². The standard InChI is InChI=1S/C24H25ClN2S/c1-18-8-13-23(19(2)16-18)26-24(28)27(17-21-6-4-3-5-7-21)15-14-20-9-11-22(25)12-10-20/h3-13,16H,14-15,17H2,1-2H3,(H,26,28). The highest BCUT2D eigenvalue weighted by molar-refractivity contribution is 7.80. The van der Waals surface area contributed by atoms with E-state index in [2.05, 4.69) is 78.7 Å². The van der Waals surface area contributed by atoms with E-state index in [1.54, 1.807) is 0 Å². The van der Waals surface area contributed by atoms with Crippen LogP contribution in [0.4, 0.5) is 5.69 Å². The molecule has 0 saturated carbocycles. The van der Waals surface area contributed by atoms with Crippen molar-refractivity contribution < 1.29 is 0 Å². The number of halogens is 1. The summed E-state index contributed by atoms with van der Waals surface area (Å²) < 4.78 is 0. The molecule has 0 atom stereocenters. The molecule has 0 aliphatic rings. The molecule has 28 heavy (non-hydrogen) atoms. The van der Waals surface area contributed by atoms with E-state index in [9.17, 15) is 0 Å². The van der Waals surface area contributed by atoms with Crippen LogP contribution in [0.15, 0.2) is 72.8 Å². The second-order valence-corrected chi connectivity index (χ2v) is 7.86. The third kappa shape index (κ3) is 5.82. The van der Waals surface area contributed by atoms with Crippen LogP contribution in [0.2, 0.25) is 5.02 Å². The van der Waals surface area contributed by atoms with Gasteiger partial charge in [0, 0.05) is 23.8 Å². The van der Waals surface area contributed by atoms with Crippen LogP contribution in [0.25, 0.3) is 0 Å². The van der Waals surface area contributed by atoms with Gasteiger partial charge in [-0.1, -0.05) is 71.8 Å². The van der Waals surface area contributed by atoms with Gasteiger partial charge in [0.25, 0.3) is 0 Å². The monoisotopic (exact) mass is 408 g/mol. The molecule has 0 heterocycles. The maximum absolute atomic E-state index is 6.01. The van der Waals surface area contributed by atoms with E-state index in [0.29, 0.717) is 0 Å². The van der Waals surface area contributed by atoms with Crippen molar-refractivity contribution in [2.45, 2.75) is 26.8 Å². The first-order valence-corrected chi connectivity index (χ1v) is 10.2. The number of nitrogens with one attached hydrogen (secondary N) is 1. The lowest BCUT2D eigenvalue weighted by Gasteiger charge is -2.27. The van der Waals surface area contributed by atoms with Gasteiger partial charge in [0.05, 0.1) is 0 Å². The minimum absolute atomic E-state index is 0.741. The van der Waals surface area contributed by atoms with E-state index in [1.807, 2.05) is 18.2 Å². The number of anilines is 1. The summed E-state index contributed by atoms with van der Waals surface area (Å²) in [6, 6.07) is 24.8. The van der Waals surface area contributed by atoms with E-state index in [1.165, 1.54) is 22.3 Å². The highest BCUT2D eigenvalue weighted by Crippen LogP contribution is 2.18. The van der Waals surface area contributed by atoms with Crippen LogP contribution in [0.1, 0.15) is 22.3 Å². The van der Waals surface area contributed by atoms with Crippen molar-refractivity contribution in [2.24, 2.45) is 0 Å². The molecular formula is C24H25ClN2S. The van der Waals surface area contributed by atoms with Gasteiger partial charge in [-0.2, -0.15) is 0 Å². The van der Waals surface area contributed by atoms with Crippen molar-refractivity contribution in [3.63, 3.8) is 0 Å². The molecule has 1 N–H and O–H groups in total. The summed E-state index contributed by atoms with van der Waals surface area (Å²) in [4.78, 5) is 2.22. The van der Waals surface area contributed by atoms with Gasteiger partial charge >= 0.3 is 0 Å². The summed E-state index contributed by atoms with van der Waals surface area (Å²) in [5.41, 5.74) is 5.98. The second kappa shape index (κ2) is 9.72. The fourth-order valence-electron chi connectivity index (χ4n) is 3.12. The average molecular weight is 409 g/mol. The number of nitrogens with zero attached hydrogens (tertiary/aromatic N) is 1. The maximum atomic E-state index is 6.01. The fourth-order valence-corrected chi connectivity index (χ4v) is 3.51. The van der Waals surface area contributed by atoms with E-state index < -0.39 is 0 Å². The van der Waals surface area contributed by atoms with Crippen molar-refractivity contribution in [3.05, 3.63) is 100 Å². The number of hydrogen-bond donors (Lipinski definition) is 1. The first kappa shape index (κ1) is 20.4. The molecule has 144 valence electrons. The Labute approximate surface area is 178 Å². The average Bonchev–Trinajstić information content (AvgIpc) is 2.69. The molecule has 0 saturated heterocycles. The maximum Gasteiger partial charge on any atom is 0.173 e. The molecule has 2 nitrogen and oxygen atoms in total. The Kier molecular flexibility index (Phi) is 7.07. The van der Waals surface area contributed by atoms with Gasteiger partial charge in [-0.3, -0.25) is 0 Å². The number of aryl methyl sites for hydroxylation is 2. The van der Waals surface area contributed by atoms with Crippen LogP contribution < -0.4 is 5.32 Å². The highest BCUT2D eigenvalue weighted by Gasteiger charge is 2.12. The summed E-state index contributed by atoms with van der Waals surface area (Å²) in [7, 11) is 0. The zero-order valence-electron chi connectivity index (χ0n) is 16.3. The third-order valence-corrected chi connectivity index (χ3v) is 5.32. The third-order valence-electron chi connectivity index (χ3n) is 4.71. The first-order chi connectivity index (χ1) is 13.5. The van der Waals surface area contributed by atoms with Crippen molar-refractivity contribution in [2.75, 3.05) is 11.9 Å². The van der Waals surface area contributed by atoms with Crippen molar-refractivity contribution in [1.82, 2.24) is 4.90 Å². The zero-order chi connectivity index (χ0) is 19.9. The lowest BCUT2D eigenvalue weighted by molar-refractivity contribution is 0.423. The molecule has 4 heteroatoms. The molecule has 3 aromatic rings. The SMILES string of the molecule is Cc1ccc(NC(=S)N(CCc2ccc(Cl)cc2)Cc2ccccc2)c(C)c1. The molecule has 0 aliphatic carbocycles. The summed E-state index contributed by atoms with van der Waals surface area (Å²) in [6.45, 7) is 5.80. The van der Waals surface area contributed by atoms with Crippen LogP contribution in [0, 0.1) is 13.8 Å². The summed E-state index contributed by atoms with van der Waals surface area (Å²) in [5, 5.41) is 4.94. The van der Waals surface area contributed by atoms with Crippen LogP contribution in [0.3, 0.4) is 0 Å². The first-order valence-electron chi connectivity index (χ1n) is 9.43. The molecular weight excluding hydrogens is 384 g/mol. The Bertz CT molecular complexity index is 923. The fraction of sp³-hybridized carbons (Fsp3) is 0.208. The van der Waals surface area contributed by atoms with Gasteiger partial charge in [-0.15, -0.1) is 0 Å². The van der Waals surface area contributed by atoms with E-state index >= 15 is 0 Å². The lowest BCUT2D eigenvalue weighted by Crippen LogP contribution is -2.36. The summed E-state index contributed by atoms with van der Waals surface area (Å²) >= 11 is 11.8. The minimum atomic E-state index is 0.741. The molecule has 0 bridgehead atoms. The molecule has 0 aliphatic heterocycles. The van der Waals surface area contributed by atoms with Gasteiger partial charge in [0.2, 0.25) is 0 Å². The summed E-state index contributed by atoms with van der Waals surface area (Å²) in [5.74, 6) is 0. The van der Waals surface area contributed by atoms with Crippen molar-refractivity contribution >= 4 is 34.6 Å². The van der Waals surface area contributed by atoms with Crippen LogP contribution in [-0.4, -0.2) is 16.6 Å². The molecule has 3 rings (SSSR count). The zero-order valence-corrected chi connectivity index (χ0v) is 17.9. The molecule has 0 unspecified atom stereocenters. The number of benzene rings is 3. The second-order valence-electron chi connectivity index (χ2n) is 7.03. The highest BCUT2D eigenvalue weighted by atomic mass is 35.5. The van der Waals surface area contributed by atoms with Crippen LogP contribution in [0.5, 0.6) is 0 Å². The van der Waals surface area contributed by atoms with E-state index in [4.69, 9.17) is 23.8 Å². The normalized spacial score (nSPS) is 10.5. The molecule has 0 spiro atoms. The number of rotatable bonds is 6. The largest absolute Gasteiger partial charge is 0.344 e. The summed E-state index contributed by atoms with van der Waals surface area (Å²) in [6.07, 6.45) is 0.901. The molecule has 3 aromatic carbocycles. The Morgan fingerprint density at radius 1 is 0.929 bits per heavy atom. The smallest absolute Gasteiger partial charge is 0.173 e. The molecule has 0 aromatic heterocycles. The lowest BCUT2D eigenvalue weighted by atomic mass is 10.1. The van der Waals surface area contributed by atoms with Crippen molar-refractivity contribution in [3.8, 4) is 0 Å². The van der Waals surface area contributed by atoms with Crippen LogP contribution >= 0.6 is 23.8 Å². The Balaban J connectivity index is 1.74. The Morgan fingerprint density at radius 2 is 1.64 bits per heavy atom. The molecule has 0 amide bonds. The van der Waals surface area contributed by atoms with E-state index in [0.717, 1.165) is 35.3 Å². The van der Waals surface area contributed by atoms with E-state index in [-0.39, 0.29) is 0 Å². The molecule has 0 fully saturated rings. The van der Waals surface area contributed by atoms with Gasteiger partial charge in [0.1, 0.15) is 0 Å². The number of hydrogen-bond acceptors (Lipinski definition) is 1. The van der Waals surface area contributed by atoms with Gasteiger partial charge in [-0.05, 0) is 67.4 Å². The minimum Gasteiger partial charge on any atom is -0.344 e. The molecule has 0 radical (unpaired) electrons. The van der Waals surface area contributed by atoms with Gasteiger partial charge in [0.15, 0.2) is 5.11 Å². The predicted molar refractivity (Wildman–Crippen MR) is 124 cm³/mol. The Morgan fingerprint density at radius 3 is 2.32 bits per heavy atom.